The molecule has 0 saturated carbocycles. The van der Waals surface area contributed by atoms with E-state index in [0.29, 0.717) is 0 Å². The molecule has 0 radical (unpaired) electrons. The second kappa shape index (κ2) is 4.54. The Balaban J connectivity index is 3.21. The third kappa shape index (κ3) is 2.34. The van der Waals surface area contributed by atoms with Crippen LogP contribution >= 0.6 is 0 Å². The van der Waals surface area contributed by atoms with E-state index in [9.17, 15) is 18.0 Å². The SMILES string of the molecule is CCOC(=O)c1c(CC)noc1C(F)(F)F. The zero-order valence-electron chi connectivity index (χ0n) is 8.72. The maximum Gasteiger partial charge on any atom is 0.453 e. The molecule has 0 aliphatic rings. The van der Waals surface area contributed by atoms with Crippen molar-refractivity contribution in [1.29, 1.82) is 0 Å². The number of ether oxygens (including phenoxy) is 1. The first-order valence-electron chi connectivity index (χ1n) is 4.64. The topological polar surface area (TPSA) is 52.3 Å². The molecule has 16 heavy (non-hydrogen) atoms. The Labute approximate surface area is 89.4 Å². The number of carbonyl (C=O) groups excluding carboxylic acids is 1. The highest BCUT2D eigenvalue weighted by molar-refractivity contribution is 5.91. The van der Waals surface area contributed by atoms with Crippen molar-refractivity contribution in [3.63, 3.8) is 0 Å². The van der Waals surface area contributed by atoms with Crippen LogP contribution in [0.3, 0.4) is 0 Å². The van der Waals surface area contributed by atoms with E-state index in [0.717, 1.165) is 0 Å². The fraction of sp³-hybridized carbons (Fsp3) is 0.556. The van der Waals surface area contributed by atoms with E-state index in [2.05, 4.69) is 14.4 Å². The highest BCUT2D eigenvalue weighted by Crippen LogP contribution is 2.33. The number of aromatic nitrogens is 1. The minimum absolute atomic E-state index is 0.00946. The van der Waals surface area contributed by atoms with Crippen LogP contribution < -0.4 is 0 Å². The molecule has 0 aliphatic carbocycles. The molecule has 0 atom stereocenters. The Morgan fingerprint density at radius 1 is 1.44 bits per heavy atom. The average Bonchev–Trinajstić information content (AvgIpc) is 2.60. The molecule has 1 rings (SSSR count). The Morgan fingerprint density at radius 2 is 2.06 bits per heavy atom. The molecule has 0 aromatic carbocycles. The van der Waals surface area contributed by atoms with Crippen molar-refractivity contribution >= 4 is 5.97 Å². The van der Waals surface area contributed by atoms with Gasteiger partial charge in [0, 0.05) is 0 Å². The smallest absolute Gasteiger partial charge is 0.453 e. The van der Waals surface area contributed by atoms with Crippen molar-refractivity contribution in [2.45, 2.75) is 26.4 Å². The number of esters is 1. The van der Waals surface area contributed by atoms with E-state index < -0.39 is 23.5 Å². The number of halogens is 3. The monoisotopic (exact) mass is 237 g/mol. The summed E-state index contributed by atoms with van der Waals surface area (Å²) in [7, 11) is 0. The summed E-state index contributed by atoms with van der Waals surface area (Å²) in [5.74, 6) is -2.46. The maximum absolute atomic E-state index is 12.5. The molecule has 0 saturated heterocycles. The van der Waals surface area contributed by atoms with Gasteiger partial charge in [0.1, 0.15) is 5.56 Å². The summed E-state index contributed by atoms with van der Waals surface area (Å²) in [4.78, 5) is 11.3. The average molecular weight is 237 g/mol. The fourth-order valence-electron chi connectivity index (χ4n) is 1.17. The molecular formula is C9H10F3NO3. The van der Waals surface area contributed by atoms with Crippen molar-refractivity contribution < 1.29 is 27.2 Å². The molecule has 0 amide bonds. The molecule has 0 bridgehead atoms. The van der Waals surface area contributed by atoms with E-state index in [-0.39, 0.29) is 18.7 Å². The van der Waals surface area contributed by atoms with Gasteiger partial charge in [-0.3, -0.25) is 0 Å². The maximum atomic E-state index is 12.5. The minimum Gasteiger partial charge on any atom is -0.462 e. The van der Waals surface area contributed by atoms with Gasteiger partial charge >= 0.3 is 12.1 Å². The molecule has 1 heterocycles. The molecule has 1 aromatic heterocycles. The van der Waals surface area contributed by atoms with E-state index in [1.165, 1.54) is 6.92 Å². The molecule has 1 aromatic rings. The first-order valence-corrected chi connectivity index (χ1v) is 4.64. The highest BCUT2D eigenvalue weighted by Gasteiger charge is 2.42. The predicted octanol–water partition coefficient (Wildman–Crippen LogP) is 2.43. The third-order valence-corrected chi connectivity index (χ3v) is 1.83. The van der Waals surface area contributed by atoms with Gasteiger partial charge in [0.15, 0.2) is 0 Å². The first kappa shape index (κ1) is 12.5. The van der Waals surface area contributed by atoms with Gasteiger partial charge in [-0.2, -0.15) is 13.2 Å². The zero-order chi connectivity index (χ0) is 12.3. The van der Waals surface area contributed by atoms with Gasteiger partial charge in [0.25, 0.3) is 5.76 Å². The fourth-order valence-corrected chi connectivity index (χ4v) is 1.17. The van der Waals surface area contributed by atoms with Crippen LogP contribution in [0.25, 0.3) is 0 Å². The molecule has 0 spiro atoms. The van der Waals surface area contributed by atoms with E-state index in [4.69, 9.17) is 0 Å². The van der Waals surface area contributed by atoms with Gasteiger partial charge in [-0.25, -0.2) is 4.79 Å². The van der Waals surface area contributed by atoms with Gasteiger partial charge in [0.05, 0.1) is 12.3 Å². The van der Waals surface area contributed by atoms with Crippen molar-refractivity contribution in [2.75, 3.05) is 6.61 Å². The van der Waals surface area contributed by atoms with Crippen LogP contribution in [0.1, 0.15) is 35.7 Å². The van der Waals surface area contributed by atoms with Gasteiger partial charge in [-0.05, 0) is 13.3 Å². The van der Waals surface area contributed by atoms with Crippen molar-refractivity contribution in [2.24, 2.45) is 0 Å². The summed E-state index contributed by atoms with van der Waals surface area (Å²) in [6.45, 7) is 3.06. The Morgan fingerprint density at radius 3 is 2.50 bits per heavy atom. The third-order valence-electron chi connectivity index (χ3n) is 1.83. The molecule has 90 valence electrons. The lowest BCUT2D eigenvalue weighted by atomic mass is 10.1. The highest BCUT2D eigenvalue weighted by atomic mass is 19.4. The number of carbonyl (C=O) groups is 1. The normalized spacial score (nSPS) is 11.6. The predicted molar refractivity (Wildman–Crippen MR) is 46.8 cm³/mol. The van der Waals surface area contributed by atoms with Crippen molar-refractivity contribution in [1.82, 2.24) is 5.16 Å². The second-order valence-corrected chi connectivity index (χ2v) is 2.91. The quantitative estimate of drug-likeness (QED) is 0.757. The molecule has 0 unspecified atom stereocenters. The standard InChI is InChI=1S/C9H10F3NO3/c1-3-5-6(8(14)15-4-2)7(16-13-5)9(10,11)12/h3-4H2,1-2H3. The van der Waals surface area contributed by atoms with Gasteiger partial charge in [-0.15, -0.1) is 0 Å². The number of rotatable bonds is 3. The summed E-state index contributed by atoms with van der Waals surface area (Å²) in [6.07, 6.45) is -4.59. The van der Waals surface area contributed by atoms with E-state index in [1.807, 2.05) is 0 Å². The minimum atomic E-state index is -4.75. The Kier molecular flexibility index (Phi) is 3.56. The van der Waals surface area contributed by atoms with Crippen LogP contribution in [0.2, 0.25) is 0 Å². The van der Waals surface area contributed by atoms with Gasteiger partial charge in [0.2, 0.25) is 0 Å². The Hall–Kier alpha value is -1.53. The van der Waals surface area contributed by atoms with E-state index in [1.54, 1.807) is 6.92 Å². The molecule has 0 aliphatic heterocycles. The molecule has 0 fully saturated rings. The van der Waals surface area contributed by atoms with E-state index >= 15 is 0 Å². The summed E-state index contributed by atoms with van der Waals surface area (Å²) < 4.78 is 46.0. The van der Waals surface area contributed by atoms with Crippen molar-refractivity contribution in [3.05, 3.63) is 17.0 Å². The van der Waals surface area contributed by atoms with Crippen LogP contribution in [0.5, 0.6) is 0 Å². The molecule has 4 nitrogen and oxygen atoms in total. The second-order valence-electron chi connectivity index (χ2n) is 2.91. The summed E-state index contributed by atoms with van der Waals surface area (Å²) >= 11 is 0. The molecule has 7 heteroatoms. The van der Waals surface area contributed by atoms with Crippen LogP contribution in [-0.2, 0) is 17.3 Å². The van der Waals surface area contributed by atoms with Gasteiger partial charge in [-0.1, -0.05) is 12.1 Å². The molecule has 0 N–H and O–H groups in total. The Bertz CT molecular complexity index is 384. The van der Waals surface area contributed by atoms with Crippen LogP contribution in [0, 0.1) is 0 Å². The number of alkyl halides is 3. The van der Waals surface area contributed by atoms with Gasteiger partial charge < -0.3 is 9.26 Å². The lowest BCUT2D eigenvalue weighted by molar-refractivity contribution is -0.156. The summed E-state index contributed by atoms with van der Waals surface area (Å²) in [5, 5.41) is 3.21. The lowest BCUT2D eigenvalue weighted by Gasteiger charge is -2.05. The zero-order valence-corrected chi connectivity index (χ0v) is 8.72. The van der Waals surface area contributed by atoms with Crippen LogP contribution in [0.15, 0.2) is 4.52 Å². The van der Waals surface area contributed by atoms with Crippen LogP contribution in [-0.4, -0.2) is 17.7 Å². The first-order chi connectivity index (χ1) is 7.41. The summed E-state index contributed by atoms with van der Waals surface area (Å²) in [5.41, 5.74) is -0.678. The number of nitrogens with zero attached hydrogens (tertiary/aromatic N) is 1. The number of aryl methyl sites for hydroxylation is 1. The lowest BCUT2D eigenvalue weighted by Crippen LogP contribution is -2.14. The number of hydrogen-bond acceptors (Lipinski definition) is 4. The van der Waals surface area contributed by atoms with Crippen molar-refractivity contribution in [3.8, 4) is 0 Å². The molecular weight excluding hydrogens is 227 g/mol. The van der Waals surface area contributed by atoms with Crippen LogP contribution in [0.4, 0.5) is 13.2 Å². The largest absolute Gasteiger partial charge is 0.462 e. The number of hydrogen-bond donors (Lipinski definition) is 0. The summed E-state index contributed by atoms with van der Waals surface area (Å²) in [6, 6.07) is 0.